The number of fused-ring (bicyclic) bond motifs is 1. The minimum atomic E-state index is -1.15. The third-order valence-electron chi connectivity index (χ3n) is 2.41. The van der Waals surface area contributed by atoms with E-state index >= 15 is 0 Å². The van der Waals surface area contributed by atoms with Gasteiger partial charge in [-0.1, -0.05) is 6.92 Å². The molecule has 52 valence electrons. The molecular formula is C6H10O3. The molecule has 3 unspecified atom stereocenters. The van der Waals surface area contributed by atoms with Crippen molar-refractivity contribution < 1.29 is 14.9 Å². The van der Waals surface area contributed by atoms with E-state index in [-0.39, 0.29) is 5.92 Å². The van der Waals surface area contributed by atoms with Crippen molar-refractivity contribution in [1.82, 2.24) is 0 Å². The fourth-order valence-corrected chi connectivity index (χ4v) is 1.58. The summed E-state index contributed by atoms with van der Waals surface area (Å²) in [6.07, 6.45) is 1.47. The van der Waals surface area contributed by atoms with Gasteiger partial charge in [0.25, 0.3) is 0 Å². The van der Waals surface area contributed by atoms with Crippen LogP contribution in [-0.4, -0.2) is 21.8 Å². The van der Waals surface area contributed by atoms with Crippen LogP contribution in [0.4, 0.5) is 0 Å². The van der Waals surface area contributed by atoms with Crippen LogP contribution in [0.5, 0.6) is 0 Å². The van der Waals surface area contributed by atoms with E-state index in [1.165, 1.54) is 0 Å². The zero-order valence-electron chi connectivity index (χ0n) is 5.29. The van der Waals surface area contributed by atoms with E-state index in [4.69, 9.17) is 9.84 Å². The molecule has 2 fully saturated rings. The Labute approximate surface area is 53.3 Å². The number of hydrogen-bond donors (Lipinski definition) is 2. The van der Waals surface area contributed by atoms with Crippen molar-refractivity contribution >= 4 is 0 Å². The summed E-state index contributed by atoms with van der Waals surface area (Å²) in [6.45, 7) is 1.98. The van der Waals surface area contributed by atoms with Crippen molar-refractivity contribution in [3.8, 4) is 0 Å². The van der Waals surface area contributed by atoms with Gasteiger partial charge in [0.2, 0.25) is 11.6 Å². The van der Waals surface area contributed by atoms with Gasteiger partial charge in [0.15, 0.2) is 0 Å². The van der Waals surface area contributed by atoms with Crippen molar-refractivity contribution in [2.45, 2.75) is 31.3 Å². The van der Waals surface area contributed by atoms with Crippen LogP contribution in [0.1, 0.15) is 19.8 Å². The zero-order valence-corrected chi connectivity index (χ0v) is 5.29. The van der Waals surface area contributed by atoms with Gasteiger partial charge < -0.3 is 14.9 Å². The first-order chi connectivity index (χ1) is 4.12. The predicted octanol–water partition coefficient (Wildman–Crippen LogP) is -0.176. The normalized spacial score (nSPS) is 62.3. The number of aliphatic hydroxyl groups is 2. The average molecular weight is 130 g/mol. The Hall–Kier alpha value is -0.120. The highest BCUT2D eigenvalue weighted by Crippen LogP contribution is 2.64. The topological polar surface area (TPSA) is 53.0 Å². The molecule has 0 aromatic rings. The first-order valence-electron chi connectivity index (χ1n) is 3.27. The number of ether oxygens (including phenoxy) is 1. The summed E-state index contributed by atoms with van der Waals surface area (Å²) in [5, 5.41) is 18.3. The minimum absolute atomic E-state index is 0.155. The van der Waals surface area contributed by atoms with Gasteiger partial charge in [0.1, 0.15) is 0 Å². The van der Waals surface area contributed by atoms with Crippen LogP contribution in [0.15, 0.2) is 0 Å². The lowest BCUT2D eigenvalue weighted by Gasteiger charge is -2.29. The molecule has 2 aliphatic rings. The summed E-state index contributed by atoms with van der Waals surface area (Å²) >= 11 is 0. The molecule has 0 aromatic heterocycles. The molecule has 1 heterocycles. The average Bonchev–Trinajstić information content (AvgIpc) is 2.18. The van der Waals surface area contributed by atoms with Crippen molar-refractivity contribution in [2.75, 3.05) is 0 Å². The van der Waals surface area contributed by atoms with E-state index in [1.54, 1.807) is 0 Å². The van der Waals surface area contributed by atoms with E-state index in [9.17, 15) is 5.11 Å². The Balaban J connectivity index is 2.10. The summed E-state index contributed by atoms with van der Waals surface area (Å²) in [5.74, 6) is -2.14. The van der Waals surface area contributed by atoms with E-state index in [2.05, 4.69) is 0 Å². The Morgan fingerprint density at radius 1 is 1.67 bits per heavy atom. The molecule has 0 amide bonds. The van der Waals surface area contributed by atoms with Gasteiger partial charge in [-0.3, -0.25) is 0 Å². The largest absolute Gasteiger partial charge is 0.361 e. The number of rotatable bonds is 1. The van der Waals surface area contributed by atoms with Crippen LogP contribution in [0.3, 0.4) is 0 Å². The van der Waals surface area contributed by atoms with Gasteiger partial charge >= 0.3 is 0 Å². The molecule has 1 saturated heterocycles. The van der Waals surface area contributed by atoms with E-state index in [0.29, 0.717) is 6.42 Å². The lowest BCUT2D eigenvalue weighted by molar-refractivity contribution is -0.103. The maximum absolute atomic E-state index is 9.23. The Kier molecular flexibility index (Phi) is 0.732. The van der Waals surface area contributed by atoms with Crippen LogP contribution < -0.4 is 0 Å². The Morgan fingerprint density at radius 3 is 2.44 bits per heavy atom. The summed E-state index contributed by atoms with van der Waals surface area (Å²) in [6, 6.07) is 0. The second kappa shape index (κ2) is 1.17. The highest BCUT2D eigenvalue weighted by atomic mass is 16.8. The lowest BCUT2D eigenvalue weighted by Crippen LogP contribution is -2.45. The molecule has 0 radical (unpaired) electrons. The van der Waals surface area contributed by atoms with Crippen molar-refractivity contribution in [3.63, 3.8) is 0 Å². The Bertz CT molecular complexity index is 158. The molecule has 1 aliphatic carbocycles. The maximum atomic E-state index is 9.23. The third kappa shape index (κ3) is 0.407. The van der Waals surface area contributed by atoms with Gasteiger partial charge in [-0.2, -0.15) is 0 Å². The van der Waals surface area contributed by atoms with Gasteiger partial charge in [-0.15, -0.1) is 0 Å². The molecule has 1 aliphatic heterocycles. The summed E-state index contributed by atoms with van der Waals surface area (Å²) < 4.78 is 4.72. The highest BCUT2D eigenvalue weighted by molar-refractivity contribution is 5.15. The summed E-state index contributed by atoms with van der Waals surface area (Å²) in [4.78, 5) is 0. The summed E-state index contributed by atoms with van der Waals surface area (Å²) in [7, 11) is 0. The quantitative estimate of drug-likeness (QED) is 0.484. The fourth-order valence-electron chi connectivity index (χ4n) is 1.58. The van der Waals surface area contributed by atoms with E-state index < -0.39 is 11.6 Å². The monoisotopic (exact) mass is 130 g/mol. The zero-order chi connectivity index (χ0) is 6.70. The van der Waals surface area contributed by atoms with Crippen LogP contribution in [0, 0.1) is 5.92 Å². The second-order valence-corrected chi connectivity index (χ2v) is 2.89. The standard InChI is InChI=1S/C6H10O3/c1-2-4-3-5(7)6(4,8)9-5/h4,7-8H,2-3H2,1H3. The molecule has 3 heteroatoms. The first kappa shape index (κ1) is 5.65. The van der Waals surface area contributed by atoms with E-state index in [1.807, 2.05) is 6.92 Å². The van der Waals surface area contributed by atoms with Gasteiger partial charge in [0.05, 0.1) is 0 Å². The van der Waals surface area contributed by atoms with Crippen LogP contribution >= 0.6 is 0 Å². The third-order valence-corrected chi connectivity index (χ3v) is 2.41. The molecule has 1 saturated carbocycles. The molecule has 9 heavy (non-hydrogen) atoms. The molecule has 3 nitrogen and oxygen atoms in total. The SMILES string of the molecule is CCC1CC2(O)OC12O. The molecule has 2 N–H and O–H groups in total. The van der Waals surface area contributed by atoms with Gasteiger partial charge in [-0.25, -0.2) is 0 Å². The molecule has 0 bridgehead atoms. The van der Waals surface area contributed by atoms with E-state index in [0.717, 1.165) is 6.42 Å². The molecule has 0 aromatic carbocycles. The molecule has 3 atom stereocenters. The fraction of sp³-hybridized carbons (Fsp3) is 1.00. The maximum Gasteiger partial charge on any atom is 0.227 e. The smallest absolute Gasteiger partial charge is 0.227 e. The van der Waals surface area contributed by atoms with Crippen molar-refractivity contribution in [3.05, 3.63) is 0 Å². The van der Waals surface area contributed by atoms with Crippen molar-refractivity contribution in [2.24, 2.45) is 5.92 Å². The Morgan fingerprint density at radius 2 is 2.33 bits per heavy atom. The van der Waals surface area contributed by atoms with Crippen LogP contribution in [-0.2, 0) is 4.74 Å². The van der Waals surface area contributed by atoms with Gasteiger partial charge in [-0.05, 0) is 6.42 Å². The van der Waals surface area contributed by atoms with Crippen LogP contribution in [0.2, 0.25) is 0 Å². The predicted molar refractivity (Wildman–Crippen MR) is 29.4 cm³/mol. The molecule has 2 rings (SSSR count). The number of hydrogen-bond acceptors (Lipinski definition) is 3. The molecule has 0 spiro atoms. The van der Waals surface area contributed by atoms with Crippen LogP contribution in [0.25, 0.3) is 0 Å². The number of epoxide rings is 1. The van der Waals surface area contributed by atoms with Crippen molar-refractivity contribution in [1.29, 1.82) is 0 Å². The lowest BCUT2D eigenvalue weighted by atomic mass is 9.77. The highest BCUT2D eigenvalue weighted by Gasteiger charge is 2.82. The minimum Gasteiger partial charge on any atom is -0.361 e. The van der Waals surface area contributed by atoms with Gasteiger partial charge in [0, 0.05) is 12.3 Å². The molecular weight excluding hydrogens is 120 g/mol. The second-order valence-electron chi connectivity index (χ2n) is 2.89. The first-order valence-corrected chi connectivity index (χ1v) is 3.27. The summed E-state index contributed by atoms with van der Waals surface area (Å²) in [5.41, 5.74) is 0.